The van der Waals surface area contributed by atoms with Crippen LogP contribution in [0, 0.1) is 20.8 Å². The summed E-state index contributed by atoms with van der Waals surface area (Å²) in [5.74, 6) is 0.911. The Morgan fingerprint density at radius 2 is 1.77 bits per heavy atom. The lowest BCUT2D eigenvalue weighted by molar-refractivity contribution is 0.200. The second-order valence-corrected chi connectivity index (χ2v) is 3.23. The Balaban J connectivity index is 2.96. The van der Waals surface area contributed by atoms with Crippen molar-refractivity contribution in [1.29, 1.82) is 0 Å². The first-order valence-electron chi connectivity index (χ1n) is 4.47. The smallest absolute Gasteiger partial charge is 0.125 e. The number of rotatable bonds is 3. The molecule has 13 heavy (non-hydrogen) atoms. The van der Waals surface area contributed by atoms with E-state index in [0.29, 0.717) is 6.61 Å². The molecule has 0 saturated heterocycles. The first-order valence-corrected chi connectivity index (χ1v) is 4.47. The summed E-state index contributed by atoms with van der Waals surface area (Å²) >= 11 is 0. The molecule has 2 nitrogen and oxygen atoms in total. The van der Waals surface area contributed by atoms with Crippen molar-refractivity contribution in [3.05, 3.63) is 28.8 Å². The van der Waals surface area contributed by atoms with Crippen LogP contribution < -0.4 is 4.74 Å². The lowest BCUT2D eigenvalue weighted by Crippen LogP contribution is -2.04. The SMILES string of the molecule is Cc1ccc(C)c(OCCO)c1C. The molecular formula is C11H16O2. The predicted molar refractivity (Wildman–Crippen MR) is 53.2 cm³/mol. The van der Waals surface area contributed by atoms with E-state index < -0.39 is 0 Å². The van der Waals surface area contributed by atoms with Crippen LogP contribution in [0.25, 0.3) is 0 Å². The third-order valence-electron chi connectivity index (χ3n) is 2.21. The van der Waals surface area contributed by atoms with Gasteiger partial charge >= 0.3 is 0 Å². The molecule has 0 fully saturated rings. The predicted octanol–water partition coefficient (Wildman–Crippen LogP) is 1.98. The average Bonchev–Trinajstić information content (AvgIpc) is 2.12. The largest absolute Gasteiger partial charge is 0.491 e. The standard InChI is InChI=1S/C11H16O2/c1-8-4-5-9(2)11(10(8)3)13-7-6-12/h4-5,12H,6-7H2,1-3H3. The van der Waals surface area contributed by atoms with Crippen molar-refractivity contribution in [3.8, 4) is 5.75 Å². The van der Waals surface area contributed by atoms with E-state index in [2.05, 4.69) is 13.0 Å². The van der Waals surface area contributed by atoms with Crippen LogP contribution in [0.3, 0.4) is 0 Å². The van der Waals surface area contributed by atoms with Crippen LogP contribution in [0.1, 0.15) is 16.7 Å². The highest BCUT2D eigenvalue weighted by Gasteiger charge is 2.05. The maximum Gasteiger partial charge on any atom is 0.125 e. The van der Waals surface area contributed by atoms with Gasteiger partial charge in [0.2, 0.25) is 0 Å². The van der Waals surface area contributed by atoms with E-state index >= 15 is 0 Å². The Hall–Kier alpha value is -1.02. The Kier molecular flexibility index (Phi) is 3.32. The van der Waals surface area contributed by atoms with Gasteiger partial charge in [0.25, 0.3) is 0 Å². The van der Waals surface area contributed by atoms with Crippen molar-refractivity contribution >= 4 is 0 Å². The van der Waals surface area contributed by atoms with E-state index in [1.807, 2.05) is 19.9 Å². The van der Waals surface area contributed by atoms with Gasteiger partial charge in [-0.3, -0.25) is 0 Å². The fourth-order valence-electron chi connectivity index (χ4n) is 1.30. The van der Waals surface area contributed by atoms with Gasteiger partial charge < -0.3 is 9.84 Å². The lowest BCUT2D eigenvalue weighted by Gasteiger charge is -2.12. The molecule has 0 aliphatic rings. The molecule has 2 heteroatoms. The molecule has 0 unspecified atom stereocenters. The normalized spacial score (nSPS) is 10.2. The minimum absolute atomic E-state index is 0.0623. The average molecular weight is 180 g/mol. The maximum absolute atomic E-state index is 8.65. The molecule has 0 aliphatic carbocycles. The monoisotopic (exact) mass is 180 g/mol. The zero-order valence-electron chi connectivity index (χ0n) is 8.42. The molecule has 0 radical (unpaired) electrons. The molecule has 0 spiro atoms. The molecule has 0 bridgehead atoms. The van der Waals surface area contributed by atoms with Crippen LogP contribution in [0.15, 0.2) is 12.1 Å². The van der Waals surface area contributed by atoms with E-state index in [0.717, 1.165) is 16.9 Å². The van der Waals surface area contributed by atoms with Crippen molar-refractivity contribution in [2.45, 2.75) is 20.8 Å². The number of aliphatic hydroxyl groups is 1. The van der Waals surface area contributed by atoms with Gasteiger partial charge in [0, 0.05) is 0 Å². The van der Waals surface area contributed by atoms with Gasteiger partial charge in [-0.15, -0.1) is 0 Å². The molecule has 72 valence electrons. The molecule has 0 aromatic heterocycles. The van der Waals surface area contributed by atoms with Crippen LogP contribution in [-0.2, 0) is 0 Å². The molecule has 0 heterocycles. The van der Waals surface area contributed by atoms with Gasteiger partial charge in [0.05, 0.1) is 6.61 Å². The second kappa shape index (κ2) is 4.28. The number of ether oxygens (including phenoxy) is 1. The van der Waals surface area contributed by atoms with Crippen LogP contribution >= 0.6 is 0 Å². The highest BCUT2D eigenvalue weighted by Crippen LogP contribution is 2.25. The number of benzene rings is 1. The van der Waals surface area contributed by atoms with Crippen molar-refractivity contribution in [1.82, 2.24) is 0 Å². The summed E-state index contributed by atoms with van der Waals surface area (Å²) in [7, 11) is 0. The van der Waals surface area contributed by atoms with Crippen molar-refractivity contribution in [2.75, 3.05) is 13.2 Å². The lowest BCUT2D eigenvalue weighted by atomic mass is 10.1. The maximum atomic E-state index is 8.65. The third kappa shape index (κ3) is 2.22. The summed E-state index contributed by atoms with van der Waals surface area (Å²) in [4.78, 5) is 0. The minimum atomic E-state index is 0.0623. The topological polar surface area (TPSA) is 29.5 Å². The van der Waals surface area contributed by atoms with E-state index in [-0.39, 0.29) is 6.61 Å². The van der Waals surface area contributed by atoms with Crippen LogP contribution in [-0.4, -0.2) is 18.3 Å². The Labute approximate surface area is 79.2 Å². The fourth-order valence-corrected chi connectivity index (χ4v) is 1.30. The fraction of sp³-hybridized carbons (Fsp3) is 0.455. The molecule has 1 N–H and O–H groups in total. The third-order valence-corrected chi connectivity index (χ3v) is 2.21. The zero-order chi connectivity index (χ0) is 9.84. The van der Waals surface area contributed by atoms with E-state index in [1.54, 1.807) is 0 Å². The van der Waals surface area contributed by atoms with Crippen molar-refractivity contribution in [2.24, 2.45) is 0 Å². The molecule has 0 aliphatic heterocycles. The van der Waals surface area contributed by atoms with Gasteiger partial charge in [-0.25, -0.2) is 0 Å². The minimum Gasteiger partial charge on any atom is -0.491 e. The van der Waals surface area contributed by atoms with Gasteiger partial charge in [0.15, 0.2) is 0 Å². The molecule has 0 atom stereocenters. The van der Waals surface area contributed by atoms with Gasteiger partial charge in [-0.05, 0) is 37.5 Å². The summed E-state index contributed by atoms with van der Waals surface area (Å²) in [6, 6.07) is 4.12. The van der Waals surface area contributed by atoms with E-state index in [1.165, 1.54) is 5.56 Å². The summed E-state index contributed by atoms with van der Waals surface area (Å²) in [6.07, 6.45) is 0. The highest BCUT2D eigenvalue weighted by atomic mass is 16.5. The molecule has 0 saturated carbocycles. The van der Waals surface area contributed by atoms with Crippen molar-refractivity contribution < 1.29 is 9.84 Å². The van der Waals surface area contributed by atoms with Crippen molar-refractivity contribution in [3.63, 3.8) is 0 Å². The van der Waals surface area contributed by atoms with Gasteiger partial charge in [0.1, 0.15) is 12.4 Å². The van der Waals surface area contributed by atoms with Crippen LogP contribution in [0.4, 0.5) is 0 Å². The number of aryl methyl sites for hydroxylation is 2. The molecule has 1 aromatic rings. The second-order valence-electron chi connectivity index (χ2n) is 3.23. The Morgan fingerprint density at radius 1 is 1.15 bits per heavy atom. The Morgan fingerprint density at radius 3 is 2.38 bits per heavy atom. The molecule has 0 amide bonds. The van der Waals surface area contributed by atoms with Crippen LogP contribution in [0.5, 0.6) is 5.75 Å². The number of hydrogen-bond donors (Lipinski definition) is 1. The number of hydrogen-bond acceptors (Lipinski definition) is 2. The quantitative estimate of drug-likeness (QED) is 0.770. The summed E-state index contributed by atoms with van der Waals surface area (Å²) in [6.45, 7) is 6.53. The molecule has 1 aromatic carbocycles. The summed E-state index contributed by atoms with van der Waals surface area (Å²) < 4.78 is 5.45. The first-order chi connectivity index (χ1) is 6.16. The molecule has 1 rings (SSSR count). The Bertz CT molecular complexity index is 292. The highest BCUT2D eigenvalue weighted by molar-refractivity contribution is 5.44. The summed E-state index contributed by atoms with van der Waals surface area (Å²) in [5, 5.41) is 8.65. The zero-order valence-corrected chi connectivity index (χ0v) is 8.42. The molecular weight excluding hydrogens is 164 g/mol. The van der Waals surface area contributed by atoms with E-state index in [9.17, 15) is 0 Å². The summed E-state index contributed by atoms with van der Waals surface area (Å²) in [5.41, 5.74) is 3.50. The van der Waals surface area contributed by atoms with Gasteiger partial charge in [-0.1, -0.05) is 12.1 Å². The van der Waals surface area contributed by atoms with Crippen LogP contribution in [0.2, 0.25) is 0 Å². The first kappa shape index (κ1) is 10.1. The van der Waals surface area contributed by atoms with Gasteiger partial charge in [-0.2, -0.15) is 0 Å². The number of aliphatic hydroxyl groups excluding tert-OH is 1. The van der Waals surface area contributed by atoms with E-state index in [4.69, 9.17) is 9.84 Å².